The summed E-state index contributed by atoms with van der Waals surface area (Å²) in [6, 6.07) is 12.2. The fraction of sp³-hybridized carbons (Fsp3) is 0.409. The van der Waals surface area contributed by atoms with Crippen LogP contribution in [0.15, 0.2) is 36.4 Å². The molecule has 1 N–H and O–H groups in total. The molecule has 0 radical (unpaired) electrons. The molecule has 5 rings (SSSR count). The Morgan fingerprint density at radius 2 is 1.97 bits per heavy atom. The highest BCUT2D eigenvalue weighted by Crippen LogP contribution is 2.31. The van der Waals surface area contributed by atoms with Crippen LogP contribution in [0.5, 0.6) is 0 Å². The van der Waals surface area contributed by atoms with Crippen LogP contribution >= 0.6 is 11.3 Å². The van der Waals surface area contributed by atoms with Crippen molar-refractivity contribution in [2.45, 2.75) is 19.3 Å². The van der Waals surface area contributed by atoms with Gasteiger partial charge in [0.2, 0.25) is 0 Å². The number of carbonyl (C=O) groups excluding carboxylic acids is 1. The van der Waals surface area contributed by atoms with Gasteiger partial charge in [-0.2, -0.15) is 0 Å². The summed E-state index contributed by atoms with van der Waals surface area (Å²) in [5.74, 6) is 1.44. The van der Waals surface area contributed by atoms with Gasteiger partial charge in [0, 0.05) is 26.1 Å². The van der Waals surface area contributed by atoms with Crippen LogP contribution in [0.4, 0.5) is 5.82 Å². The number of rotatable bonds is 6. The van der Waals surface area contributed by atoms with E-state index in [0.29, 0.717) is 30.3 Å². The summed E-state index contributed by atoms with van der Waals surface area (Å²) in [5, 5.41) is 4.09. The Bertz CT molecular complexity index is 1010. The molecule has 0 bridgehead atoms. The zero-order chi connectivity index (χ0) is 19.6. The van der Waals surface area contributed by atoms with Crippen LogP contribution in [-0.4, -0.2) is 48.7 Å². The molecule has 0 spiro atoms. The van der Waals surface area contributed by atoms with E-state index in [1.54, 1.807) is 11.3 Å². The summed E-state index contributed by atoms with van der Waals surface area (Å²) in [6.45, 7) is 3.68. The average Bonchev–Trinajstić information content (AvgIpc) is 3.51. The van der Waals surface area contributed by atoms with Crippen molar-refractivity contribution in [2.75, 3.05) is 37.7 Å². The number of fused-ring (bicyclic) bond motifs is 1. The van der Waals surface area contributed by atoms with Gasteiger partial charge in [-0.15, -0.1) is 11.3 Å². The highest BCUT2D eigenvalue weighted by molar-refractivity contribution is 7.19. The second kappa shape index (κ2) is 8.08. The Kier molecular flexibility index (Phi) is 5.16. The number of nitrogens with one attached hydrogen (secondary N) is 1. The van der Waals surface area contributed by atoms with Crippen LogP contribution < -0.4 is 10.2 Å². The van der Waals surface area contributed by atoms with E-state index in [1.165, 1.54) is 18.4 Å². The van der Waals surface area contributed by atoms with Crippen LogP contribution in [-0.2, 0) is 11.2 Å². The molecule has 3 aromatic rings. The molecule has 150 valence electrons. The molecular formula is C22H24N4O2S. The van der Waals surface area contributed by atoms with Crippen molar-refractivity contribution in [1.29, 1.82) is 0 Å². The minimum atomic E-state index is -0.0197. The second-order valence-corrected chi connectivity index (χ2v) is 8.79. The molecule has 2 aliphatic rings. The molecule has 2 aromatic heterocycles. The molecular weight excluding hydrogens is 384 g/mol. The topological polar surface area (TPSA) is 67.4 Å². The van der Waals surface area contributed by atoms with Gasteiger partial charge in [0.05, 0.1) is 23.5 Å². The number of thiazole rings is 1. The summed E-state index contributed by atoms with van der Waals surface area (Å²) in [5.41, 5.74) is 2.56. The van der Waals surface area contributed by atoms with Gasteiger partial charge in [-0.3, -0.25) is 4.79 Å². The zero-order valence-corrected chi connectivity index (χ0v) is 17.1. The van der Waals surface area contributed by atoms with Gasteiger partial charge in [-0.05, 0) is 30.4 Å². The molecule has 1 saturated heterocycles. The molecule has 1 aliphatic carbocycles. The van der Waals surface area contributed by atoms with E-state index in [4.69, 9.17) is 14.7 Å². The molecule has 3 heterocycles. The Morgan fingerprint density at radius 1 is 1.17 bits per heavy atom. The third-order valence-corrected chi connectivity index (χ3v) is 6.50. The minimum absolute atomic E-state index is 0.0197. The van der Waals surface area contributed by atoms with E-state index in [1.807, 2.05) is 24.3 Å². The van der Waals surface area contributed by atoms with Crippen molar-refractivity contribution in [3.8, 4) is 0 Å². The van der Waals surface area contributed by atoms with Crippen molar-refractivity contribution in [1.82, 2.24) is 15.3 Å². The molecule has 6 nitrogen and oxygen atoms in total. The first kappa shape index (κ1) is 18.5. The van der Waals surface area contributed by atoms with Gasteiger partial charge in [-0.25, -0.2) is 9.97 Å². The Hall–Kier alpha value is -2.51. The SMILES string of the molecule is O=C(NCC1CC1)c1cc(N2CCOCC2)nc2nc(Cc3ccccc3)sc12. The predicted molar refractivity (Wildman–Crippen MR) is 115 cm³/mol. The molecule has 1 amide bonds. The van der Waals surface area contributed by atoms with Gasteiger partial charge in [0.25, 0.3) is 5.91 Å². The molecule has 2 fully saturated rings. The quantitative estimate of drug-likeness (QED) is 0.678. The maximum atomic E-state index is 13.0. The molecule has 29 heavy (non-hydrogen) atoms. The number of anilines is 1. The number of pyridine rings is 1. The van der Waals surface area contributed by atoms with Crippen molar-refractivity contribution in [2.24, 2.45) is 5.92 Å². The van der Waals surface area contributed by atoms with E-state index in [-0.39, 0.29) is 5.91 Å². The van der Waals surface area contributed by atoms with Crippen molar-refractivity contribution in [3.63, 3.8) is 0 Å². The summed E-state index contributed by atoms with van der Waals surface area (Å²) >= 11 is 1.57. The molecule has 1 aliphatic heterocycles. The number of morpholine rings is 1. The molecule has 1 saturated carbocycles. The van der Waals surface area contributed by atoms with Gasteiger partial charge in [0.15, 0.2) is 5.65 Å². The van der Waals surface area contributed by atoms with Gasteiger partial charge < -0.3 is 15.0 Å². The largest absolute Gasteiger partial charge is 0.378 e. The number of hydrogen-bond acceptors (Lipinski definition) is 6. The number of nitrogens with zero attached hydrogens (tertiary/aromatic N) is 3. The van der Waals surface area contributed by atoms with Crippen molar-refractivity contribution >= 4 is 33.4 Å². The number of amides is 1. The monoisotopic (exact) mass is 408 g/mol. The second-order valence-electron chi connectivity index (χ2n) is 7.70. The van der Waals surface area contributed by atoms with Crippen LogP contribution in [0.3, 0.4) is 0 Å². The molecule has 7 heteroatoms. The maximum absolute atomic E-state index is 13.0. The smallest absolute Gasteiger partial charge is 0.253 e. The number of aromatic nitrogens is 2. The van der Waals surface area contributed by atoms with Crippen LogP contribution in [0.1, 0.15) is 33.8 Å². The first-order valence-electron chi connectivity index (χ1n) is 10.2. The van der Waals surface area contributed by atoms with E-state index >= 15 is 0 Å². The zero-order valence-electron chi connectivity index (χ0n) is 16.3. The highest BCUT2D eigenvalue weighted by atomic mass is 32.1. The summed E-state index contributed by atoms with van der Waals surface area (Å²) in [4.78, 5) is 24.8. The molecule has 1 aromatic carbocycles. The van der Waals surface area contributed by atoms with Gasteiger partial charge >= 0.3 is 0 Å². The Labute approximate surface area is 173 Å². The Balaban J connectivity index is 1.50. The van der Waals surface area contributed by atoms with E-state index in [0.717, 1.165) is 41.6 Å². The van der Waals surface area contributed by atoms with Crippen molar-refractivity contribution < 1.29 is 9.53 Å². The summed E-state index contributed by atoms with van der Waals surface area (Å²) in [7, 11) is 0. The average molecular weight is 409 g/mol. The summed E-state index contributed by atoms with van der Waals surface area (Å²) < 4.78 is 6.34. The number of ether oxygens (including phenoxy) is 1. The number of benzene rings is 1. The maximum Gasteiger partial charge on any atom is 0.253 e. The highest BCUT2D eigenvalue weighted by Gasteiger charge is 2.24. The molecule has 0 atom stereocenters. The van der Waals surface area contributed by atoms with Gasteiger partial charge in [0.1, 0.15) is 10.8 Å². The van der Waals surface area contributed by atoms with Crippen LogP contribution in [0, 0.1) is 5.92 Å². The molecule has 0 unspecified atom stereocenters. The van der Waals surface area contributed by atoms with Crippen LogP contribution in [0.25, 0.3) is 10.3 Å². The summed E-state index contributed by atoms with van der Waals surface area (Å²) in [6.07, 6.45) is 3.18. The van der Waals surface area contributed by atoms with Gasteiger partial charge in [-0.1, -0.05) is 30.3 Å². The standard InChI is InChI=1S/C22H24N4O2S/c27-22(23-14-16-6-7-16)17-13-18(26-8-10-28-11-9-26)24-21-20(17)29-19(25-21)12-15-4-2-1-3-5-15/h1-5,13,16H,6-12,14H2,(H,23,27). The van der Waals surface area contributed by atoms with E-state index < -0.39 is 0 Å². The van der Waals surface area contributed by atoms with Crippen LogP contribution in [0.2, 0.25) is 0 Å². The first-order chi connectivity index (χ1) is 14.3. The third kappa shape index (κ3) is 4.26. The third-order valence-electron chi connectivity index (χ3n) is 5.42. The van der Waals surface area contributed by atoms with E-state index in [9.17, 15) is 4.79 Å². The predicted octanol–water partition coefficient (Wildman–Crippen LogP) is 3.26. The lowest BCUT2D eigenvalue weighted by atomic mass is 10.2. The lowest BCUT2D eigenvalue weighted by Crippen LogP contribution is -2.37. The van der Waals surface area contributed by atoms with Crippen molar-refractivity contribution in [3.05, 3.63) is 52.5 Å². The lowest BCUT2D eigenvalue weighted by Gasteiger charge is -2.28. The minimum Gasteiger partial charge on any atom is -0.378 e. The fourth-order valence-corrected chi connectivity index (χ4v) is 4.62. The first-order valence-corrected chi connectivity index (χ1v) is 11.0. The fourth-order valence-electron chi connectivity index (χ4n) is 3.57. The number of carbonyl (C=O) groups is 1. The van der Waals surface area contributed by atoms with E-state index in [2.05, 4.69) is 22.3 Å². The lowest BCUT2D eigenvalue weighted by molar-refractivity contribution is 0.0953. The number of hydrogen-bond donors (Lipinski definition) is 1. The Morgan fingerprint density at radius 3 is 2.72 bits per heavy atom. The normalized spacial score (nSPS) is 16.9.